The molecule has 1 unspecified atom stereocenters. The zero-order valence-corrected chi connectivity index (χ0v) is 21.2. The lowest BCUT2D eigenvalue weighted by molar-refractivity contribution is -0.149. The first-order chi connectivity index (χ1) is 15.3. The average Bonchev–Trinajstić information content (AvgIpc) is 3.43. The van der Waals surface area contributed by atoms with Gasteiger partial charge in [0.1, 0.15) is 24.2 Å². The SMILES string of the molecule is C=CCOC(=O)C1(CCCNC(N)NS(=O)(=O)c2c(C)c(C)c3c(c2C)OC(C)(C)C3)CC1. The van der Waals surface area contributed by atoms with E-state index in [4.69, 9.17) is 15.2 Å². The van der Waals surface area contributed by atoms with Gasteiger partial charge in [0.15, 0.2) is 0 Å². The third-order valence-electron chi connectivity index (χ3n) is 6.66. The van der Waals surface area contributed by atoms with Crippen LogP contribution in [0, 0.1) is 26.2 Å². The van der Waals surface area contributed by atoms with Crippen molar-refractivity contribution >= 4 is 16.0 Å². The quantitative estimate of drug-likeness (QED) is 0.193. The van der Waals surface area contributed by atoms with E-state index in [2.05, 4.69) is 16.6 Å². The Bertz CT molecular complexity index is 1040. The number of esters is 1. The summed E-state index contributed by atoms with van der Waals surface area (Å²) in [6, 6.07) is 0. The molecule has 1 saturated carbocycles. The molecule has 1 heterocycles. The summed E-state index contributed by atoms with van der Waals surface area (Å²) >= 11 is 0. The highest BCUT2D eigenvalue weighted by atomic mass is 32.2. The first kappa shape index (κ1) is 25.7. The van der Waals surface area contributed by atoms with Crippen LogP contribution >= 0.6 is 0 Å². The van der Waals surface area contributed by atoms with Crippen LogP contribution in [0.2, 0.25) is 0 Å². The summed E-state index contributed by atoms with van der Waals surface area (Å²) in [5.74, 6) is 0.471. The molecule has 3 rings (SSSR count). The van der Waals surface area contributed by atoms with Crippen molar-refractivity contribution in [1.29, 1.82) is 0 Å². The standard InChI is InChI=1S/C24H37N3O5S/c1-7-13-31-21(28)24(10-11-24)9-8-12-26-22(25)27-33(29,30)20-16(3)15(2)18-14-23(5,6)32-19(18)17(20)4/h7,22,26-27H,1,8-14,25H2,2-6H3. The number of sulfonamides is 1. The van der Waals surface area contributed by atoms with E-state index in [9.17, 15) is 13.2 Å². The molecule has 0 amide bonds. The molecule has 1 fully saturated rings. The summed E-state index contributed by atoms with van der Waals surface area (Å²) in [6.07, 6.45) is 4.32. The number of benzene rings is 1. The number of hydrogen-bond acceptors (Lipinski definition) is 7. The topological polar surface area (TPSA) is 120 Å². The van der Waals surface area contributed by atoms with Crippen LogP contribution in [-0.2, 0) is 26.0 Å². The van der Waals surface area contributed by atoms with Gasteiger partial charge in [-0.25, -0.2) is 8.42 Å². The molecule has 0 saturated heterocycles. The normalized spacial score (nSPS) is 18.8. The Morgan fingerprint density at radius 1 is 1.24 bits per heavy atom. The second-order valence-electron chi connectivity index (χ2n) is 9.87. The number of nitrogens with one attached hydrogen (secondary N) is 2. The Balaban J connectivity index is 1.61. The molecule has 8 nitrogen and oxygen atoms in total. The molecule has 0 bridgehead atoms. The van der Waals surface area contributed by atoms with E-state index in [1.165, 1.54) is 0 Å². The Kier molecular flexibility index (Phi) is 7.29. The summed E-state index contributed by atoms with van der Waals surface area (Å²) in [7, 11) is -3.88. The Morgan fingerprint density at radius 3 is 2.52 bits per heavy atom. The van der Waals surface area contributed by atoms with Crippen molar-refractivity contribution in [2.75, 3.05) is 13.2 Å². The van der Waals surface area contributed by atoms with Crippen LogP contribution in [0.1, 0.15) is 61.8 Å². The summed E-state index contributed by atoms with van der Waals surface area (Å²) in [5, 5.41) is 3.00. The molecule has 1 aliphatic carbocycles. The molecule has 1 aliphatic heterocycles. The first-order valence-electron chi connectivity index (χ1n) is 11.4. The van der Waals surface area contributed by atoms with Crippen molar-refractivity contribution in [3.63, 3.8) is 0 Å². The molecule has 184 valence electrons. The lowest BCUT2D eigenvalue weighted by Crippen LogP contribution is -2.52. The van der Waals surface area contributed by atoms with Crippen LogP contribution in [0.15, 0.2) is 17.6 Å². The molecule has 2 aliphatic rings. The zero-order valence-electron chi connectivity index (χ0n) is 20.3. The first-order valence-corrected chi connectivity index (χ1v) is 12.9. The number of rotatable bonds is 11. The van der Waals surface area contributed by atoms with Crippen LogP contribution in [0.4, 0.5) is 0 Å². The summed E-state index contributed by atoms with van der Waals surface area (Å²) in [4.78, 5) is 12.4. The van der Waals surface area contributed by atoms with E-state index in [1.54, 1.807) is 13.0 Å². The predicted molar refractivity (Wildman–Crippen MR) is 127 cm³/mol. The second kappa shape index (κ2) is 9.37. The number of ether oxygens (including phenoxy) is 2. The Morgan fingerprint density at radius 2 is 1.91 bits per heavy atom. The third kappa shape index (κ3) is 5.42. The monoisotopic (exact) mass is 479 g/mol. The van der Waals surface area contributed by atoms with Crippen molar-refractivity contribution in [3.05, 3.63) is 34.9 Å². The fourth-order valence-electron chi connectivity index (χ4n) is 4.62. The summed E-state index contributed by atoms with van der Waals surface area (Å²) in [6.45, 7) is 13.8. The minimum Gasteiger partial charge on any atom is -0.487 e. The van der Waals surface area contributed by atoms with E-state index >= 15 is 0 Å². The van der Waals surface area contributed by atoms with Crippen LogP contribution in [0.3, 0.4) is 0 Å². The molecular formula is C24H37N3O5S. The number of nitrogens with two attached hydrogens (primary N) is 1. The number of hydrogen-bond donors (Lipinski definition) is 3. The van der Waals surface area contributed by atoms with Gasteiger partial charge in [-0.3, -0.25) is 10.1 Å². The summed E-state index contributed by atoms with van der Waals surface area (Å²) in [5.41, 5.74) is 8.59. The van der Waals surface area contributed by atoms with Gasteiger partial charge in [-0.1, -0.05) is 12.7 Å². The molecule has 33 heavy (non-hydrogen) atoms. The maximum atomic E-state index is 13.2. The van der Waals surface area contributed by atoms with Crippen LogP contribution in [-0.4, -0.2) is 39.4 Å². The molecular weight excluding hydrogens is 442 g/mol. The van der Waals surface area contributed by atoms with Gasteiger partial charge in [0, 0.05) is 17.5 Å². The fourth-order valence-corrected chi connectivity index (χ4v) is 6.20. The molecule has 0 aromatic heterocycles. The predicted octanol–water partition coefficient (Wildman–Crippen LogP) is 2.73. The number of carbonyl (C=O) groups excluding carboxylic acids is 1. The van der Waals surface area contributed by atoms with Gasteiger partial charge in [-0.2, -0.15) is 4.72 Å². The van der Waals surface area contributed by atoms with E-state index in [0.29, 0.717) is 36.3 Å². The van der Waals surface area contributed by atoms with Crippen LogP contribution in [0.25, 0.3) is 0 Å². The largest absolute Gasteiger partial charge is 0.487 e. The Labute approximate surface area is 197 Å². The van der Waals surface area contributed by atoms with E-state index in [1.807, 2.05) is 27.7 Å². The molecule has 0 spiro atoms. The van der Waals surface area contributed by atoms with Gasteiger partial charge in [-0.15, -0.1) is 0 Å². The highest BCUT2D eigenvalue weighted by Crippen LogP contribution is 2.50. The highest BCUT2D eigenvalue weighted by molar-refractivity contribution is 7.89. The fraction of sp³-hybridized carbons (Fsp3) is 0.625. The van der Waals surface area contributed by atoms with Crippen molar-refractivity contribution < 1.29 is 22.7 Å². The average molecular weight is 480 g/mol. The van der Waals surface area contributed by atoms with Gasteiger partial charge in [0.2, 0.25) is 10.0 Å². The van der Waals surface area contributed by atoms with Crippen molar-refractivity contribution in [2.24, 2.45) is 11.1 Å². The van der Waals surface area contributed by atoms with Gasteiger partial charge in [-0.05, 0) is 78.0 Å². The molecule has 1 atom stereocenters. The third-order valence-corrected chi connectivity index (χ3v) is 8.37. The molecule has 0 radical (unpaired) electrons. The van der Waals surface area contributed by atoms with Gasteiger partial charge < -0.3 is 15.2 Å². The second-order valence-corrected chi connectivity index (χ2v) is 11.5. The van der Waals surface area contributed by atoms with E-state index < -0.39 is 21.7 Å². The van der Waals surface area contributed by atoms with Crippen LogP contribution in [0.5, 0.6) is 5.75 Å². The van der Waals surface area contributed by atoms with Gasteiger partial charge in [0.25, 0.3) is 0 Å². The van der Waals surface area contributed by atoms with Crippen LogP contribution < -0.4 is 20.5 Å². The number of carbonyl (C=O) groups is 1. The van der Waals surface area contributed by atoms with E-state index in [-0.39, 0.29) is 23.1 Å². The van der Waals surface area contributed by atoms with Gasteiger partial charge in [0.05, 0.1) is 10.3 Å². The lowest BCUT2D eigenvalue weighted by Gasteiger charge is -2.21. The molecule has 9 heteroatoms. The van der Waals surface area contributed by atoms with E-state index in [0.717, 1.165) is 30.4 Å². The number of fused-ring (bicyclic) bond motifs is 1. The summed E-state index contributed by atoms with van der Waals surface area (Å²) < 4.78 is 40.3. The molecule has 1 aromatic carbocycles. The maximum Gasteiger partial charge on any atom is 0.312 e. The maximum absolute atomic E-state index is 13.2. The highest BCUT2D eigenvalue weighted by Gasteiger charge is 2.50. The van der Waals surface area contributed by atoms with Crippen molar-refractivity contribution in [2.45, 2.75) is 83.5 Å². The zero-order chi connectivity index (χ0) is 24.6. The smallest absolute Gasteiger partial charge is 0.312 e. The molecule has 1 aromatic rings. The van der Waals surface area contributed by atoms with Crippen molar-refractivity contribution in [3.8, 4) is 5.75 Å². The molecule has 4 N–H and O–H groups in total. The minimum atomic E-state index is -3.88. The lowest BCUT2D eigenvalue weighted by atomic mass is 9.93. The minimum absolute atomic E-state index is 0.185. The van der Waals surface area contributed by atoms with Crippen molar-refractivity contribution in [1.82, 2.24) is 10.0 Å². The van der Waals surface area contributed by atoms with Gasteiger partial charge >= 0.3 is 5.97 Å². The Hall–Kier alpha value is -1.94.